The molecule has 1 saturated carbocycles. The zero-order valence-electron chi connectivity index (χ0n) is 12.8. The fraction of sp³-hybridized carbons (Fsp3) is 0.438. The number of amides is 2. The van der Waals surface area contributed by atoms with E-state index in [9.17, 15) is 14.4 Å². The number of rotatable bonds is 5. The Bertz CT molecular complexity index is 608. The van der Waals surface area contributed by atoms with E-state index in [1.807, 2.05) is 6.92 Å². The van der Waals surface area contributed by atoms with Crippen molar-refractivity contribution in [2.45, 2.75) is 39.2 Å². The minimum absolute atomic E-state index is 0.00545. The number of aliphatic carboxylic acids is 1. The normalized spacial score (nSPS) is 14.1. The highest BCUT2D eigenvalue weighted by Crippen LogP contribution is 2.27. The van der Waals surface area contributed by atoms with Gasteiger partial charge in [0.05, 0.1) is 0 Å². The number of hydrogen-bond donors (Lipinski definition) is 2. The van der Waals surface area contributed by atoms with Crippen molar-refractivity contribution in [3.63, 3.8) is 0 Å². The van der Waals surface area contributed by atoms with Gasteiger partial charge in [-0.25, -0.2) is 0 Å². The molecule has 0 heterocycles. The first-order valence-corrected chi connectivity index (χ1v) is 7.29. The van der Waals surface area contributed by atoms with Crippen molar-refractivity contribution >= 4 is 23.5 Å². The molecule has 0 radical (unpaired) electrons. The van der Waals surface area contributed by atoms with E-state index in [1.165, 1.54) is 11.8 Å². The Kier molecular flexibility index (Phi) is 4.80. The van der Waals surface area contributed by atoms with Crippen LogP contribution in [-0.4, -0.2) is 40.4 Å². The van der Waals surface area contributed by atoms with E-state index in [0.717, 1.165) is 24.8 Å². The van der Waals surface area contributed by atoms with Gasteiger partial charge in [0.15, 0.2) is 0 Å². The molecule has 22 heavy (non-hydrogen) atoms. The lowest BCUT2D eigenvalue weighted by Gasteiger charge is -2.36. The Morgan fingerprint density at radius 3 is 2.50 bits per heavy atom. The van der Waals surface area contributed by atoms with Crippen molar-refractivity contribution in [3.8, 4) is 0 Å². The van der Waals surface area contributed by atoms with Crippen LogP contribution < -0.4 is 5.32 Å². The predicted molar refractivity (Wildman–Crippen MR) is 81.8 cm³/mol. The topological polar surface area (TPSA) is 86.7 Å². The average molecular weight is 304 g/mol. The largest absolute Gasteiger partial charge is 0.480 e. The molecular weight excluding hydrogens is 284 g/mol. The minimum atomic E-state index is -1.02. The van der Waals surface area contributed by atoms with E-state index in [2.05, 4.69) is 5.32 Å². The SMILES string of the molecule is CC(=O)Nc1cc(C(=O)N(CC(=O)O)C2CCC2)ccc1C. The molecule has 0 aliphatic heterocycles. The zero-order chi connectivity index (χ0) is 16.3. The second-order valence-electron chi connectivity index (χ2n) is 5.62. The summed E-state index contributed by atoms with van der Waals surface area (Å²) in [5.41, 5.74) is 1.81. The molecule has 0 bridgehead atoms. The van der Waals surface area contributed by atoms with Gasteiger partial charge >= 0.3 is 5.97 Å². The van der Waals surface area contributed by atoms with E-state index in [0.29, 0.717) is 11.3 Å². The standard InChI is InChI=1S/C16H20N2O4/c1-10-6-7-12(8-14(10)17-11(2)19)16(22)18(9-15(20)21)13-4-3-5-13/h6-8,13H,3-5,9H2,1-2H3,(H,17,19)(H,20,21). The number of benzene rings is 1. The third-order valence-corrected chi connectivity index (χ3v) is 3.88. The molecule has 2 rings (SSSR count). The van der Waals surface area contributed by atoms with Crippen LogP contribution in [-0.2, 0) is 9.59 Å². The highest BCUT2D eigenvalue weighted by Gasteiger charge is 2.31. The summed E-state index contributed by atoms with van der Waals surface area (Å²) in [5.74, 6) is -1.54. The molecule has 6 heteroatoms. The van der Waals surface area contributed by atoms with Gasteiger partial charge in [-0.1, -0.05) is 6.07 Å². The van der Waals surface area contributed by atoms with Crippen LogP contribution in [0.4, 0.5) is 5.69 Å². The van der Waals surface area contributed by atoms with Crippen LogP contribution in [0.1, 0.15) is 42.1 Å². The number of carbonyl (C=O) groups is 3. The number of nitrogens with zero attached hydrogens (tertiary/aromatic N) is 1. The summed E-state index contributed by atoms with van der Waals surface area (Å²) in [6.45, 7) is 2.94. The summed E-state index contributed by atoms with van der Waals surface area (Å²) in [7, 11) is 0. The van der Waals surface area contributed by atoms with Crippen molar-refractivity contribution in [2.24, 2.45) is 0 Å². The van der Waals surface area contributed by atoms with Crippen LogP contribution in [0.25, 0.3) is 0 Å². The van der Waals surface area contributed by atoms with Crippen molar-refractivity contribution < 1.29 is 19.5 Å². The maximum Gasteiger partial charge on any atom is 0.323 e. The summed E-state index contributed by atoms with van der Waals surface area (Å²) >= 11 is 0. The Labute approximate surface area is 129 Å². The van der Waals surface area contributed by atoms with Crippen molar-refractivity contribution in [1.29, 1.82) is 0 Å². The van der Waals surface area contributed by atoms with Gasteiger partial charge in [-0.15, -0.1) is 0 Å². The molecule has 0 unspecified atom stereocenters. The Morgan fingerprint density at radius 1 is 1.32 bits per heavy atom. The summed E-state index contributed by atoms with van der Waals surface area (Å²) < 4.78 is 0. The van der Waals surface area contributed by atoms with Crippen LogP contribution in [0.2, 0.25) is 0 Å². The first-order valence-electron chi connectivity index (χ1n) is 7.29. The summed E-state index contributed by atoms with van der Waals surface area (Å²) in [6, 6.07) is 5.01. The van der Waals surface area contributed by atoms with E-state index < -0.39 is 5.97 Å². The number of aryl methyl sites for hydroxylation is 1. The lowest BCUT2D eigenvalue weighted by atomic mass is 9.91. The van der Waals surface area contributed by atoms with Gasteiger partial charge in [0.2, 0.25) is 5.91 Å². The van der Waals surface area contributed by atoms with Gasteiger partial charge in [0.25, 0.3) is 5.91 Å². The van der Waals surface area contributed by atoms with Crippen molar-refractivity contribution in [1.82, 2.24) is 4.90 Å². The molecular formula is C16H20N2O4. The second-order valence-corrected chi connectivity index (χ2v) is 5.62. The number of carboxylic acid groups (broad SMARTS) is 1. The van der Waals surface area contributed by atoms with Gasteiger partial charge in [-0.05, 0) is 43.9 Å². The van der Waals surface area contributed by atoms with Crippen LogP contribution in [0, 0.1) is 6.92 Å². The van der Waals surface area contributed by atoms with E-state index in [1.54, 1.807) is 18.2 Å². The first kappa shape index (κ1) is 16.0. The molecule has 0 spiro atoms. The maximum atomic E-state index is 12.6. The van der Waals surface area contributed by atoms with E-state index in [4.69, 9.17) is 5.11 Å². The maximum absolute atomic E-state index is 12.6. The lowest BCUT2D eigenvalue weighted by Crippen LogP contribution is -2.46. The molecule has 0 aromatic heterocycles. The molecule has 6 nitrogen and oxygen atoms in total. The predicted octanol–water partition coefficient (Wildman–Crippen LogP) is 2.03. The molecule has 2 N–H and O–H groups in total. The highest BCUT2D eigenvalue weighted by atomic mass is 16.4. The van der Waals surface area contributed by atoms with E-state index >= 15 is 0 Å². The van der Waals surface area contributed by atoms with Gasteiger partial charge < -0.3 is 15.3 Å². The van der Waals surface area contributed by atoms with E-state index in [-0.39, 0.29) is 24.4 Å². The number of carboxylic acids is 1. The number of carbonyl (C=O) groups excluding carboxylic acids is 2. The van der Waals surface area contributed by atoms with Crippen LogP contribution in [0.5, 0.6) is 0 Å². The molecule has 1 aromatic rings. The van der Waals surface area contributed by atoms with Crippen LogP contribution in [0.3, 0.4) is 0 Å². The Hall–Kier alpha value is -2.37. The number of nitrogens with one attached hydrogen (secondary N) is 1. The quantitative estimate of drug-likeness (QED) is 0.871. The molecule has 0 atom stereocenters. The molecule has 1 aliphatic rings. The summed E-state index contributed by atoms with van der Waals surface area (Å²) in [6.07, 6.45) is 2.69. The smallest absolute Gasteiger partial charge is 0.323 e. The molecule has 118 valence electrons. The monoisotopic (exact) mass is 304 g/mol. The summed E-state index contributed by atoms with van der Waals surface area (Å²) in [4.78, 5) is 36.2. The first-order chi connectivity index (χ1) is 10.4. The number of anilines is 1. The Morgan fingerprint density at radius 2 is 2.00 bits per heavy atom. The highest BCUT2D eigenvalue weighted by molar-refractivity contribution is 5.98. The zero-order valence-corrected chi connectivity index (χ0v) is 12.8. The fourth-order valence-electron chi connectivity index (χ4n) is 2.46. The molecule has 1 aliphatic carbocycles. The molecule has 1 fully saturated rings. The van der Waals surface area contributed by atoms with Gasteiger partial charge in [-0.3, -0.25) is 14.4 Å². The third-order valence-electron chi connectivity index (χ3n) is 3.88. The van der Waals surface area contributed by atoms with Crippen molar-refractivity contribution in [2.75, 3.05) is 11.9 Å². The Balaban J connectivity index is 2.25. The number of hydrogen-bond acceptors (Lipinski definition) is 3. The minimum Gasteiger partial charge on any atom is -0.480 e. The summed E-state index contributed by atoms with van der Waals surface area (Å²) in [5, 5.41) is 11.7. The van der Waals surface area contributed by atoms with Gasteiger partial charge in [0.1, 0.15) is 6.54 Å². The fourth-order valence-corrected chi connectivity index (χ4v) is 2.46. The molecule has 2 amide bonds. The average Bonchev–Trinajstić information content (AvgIpc) is 2.36. The van der Waals surface area contributed by atoms with Crippen molar-refractivity contribution in [3.05, 3.63) is 29.3 Å². The second kappa shape index (κ2) is 6.60. The van der Waals surface area contributed by atoms with Gasteiger partial charge in [-0.2, -0.15) is 0 Å². The molecule has 1 aromatic carbocycles. The van der Waals surface area contributed by atoms with Crippen LogP contribution in [0.15, 0.2) is 18.2 Å². The van der Waals surface area contributed by atoms with Crippen LogP contribution >= 0.6 is 0 Å². The lowest BCUT2D eigenvalue weighted by molar-refractivity contribution is -0.138. The third kappa shape index (κ3) is 3.63. The van der Waals surface area contributed by atoms with Gasteiger partial charge in [0, 0.05) is 24.2 Å². The molecule has 0 saturated heterocycles.